The van der Waals surface area contributed by atoms with E-state index in [2.05, 4.69) is 5.32 Å². The van der Waals surface area contributed by atoms with Crippen LogP contribution in [-0.4, -0.2) is 69.4 Å². The number of hydrogen-bond acceptors (Lipinski definition) is 9. The maximum Gasteiger partial charge on any atom is 0.262 e. The Morgan fingerprint density at radius 2 is 1.63 bits per heavy atom. The first-order valence-electron chi connectivity index (χ1n) is 12.2. The lowest BCUT2D eigenvalue weighted by atomic mass is 10.1. The average Bonchev–Trinajstić information content (AvgIpc) is 2.94. The molecule has 0 fully saturated rings. The second-order valence-corrected chi connectivity index (χ2v) is 9.48. The molecule has 0 aliphatic rings. The molecule has 3 aromatic rings. The highest BCUT2D eigenvalue weighted by molar-refractivity contribution is 8.00. The fraction of sp³-hybridized carbons (Fsp3) is 0.444. The standard InChI is InChI=1S/C27H35N3O7S/c1-7-24(25(31)28-11-13-33-2)38-27-29-19-16-23(37-6)22(36-5)15-18(19)26(32)30(27)12-10-17-8-9-20(34-3)21(14-17)35-4/h8-9,14-16,24H,7,10-13H2,1-6H3,(H,28,31)/t24-/m0/s1. The third-order valence-electron chi connectivity index (χ3n) is 6.01. The highest BCUT2D eigenvalue weighted by Gasteiger charge is 2.23. The molecular weight excluding hydrogens is 510 g/mol. The largest absolute Gasteiger partial charge is 0.493 e. The zero-order valence-corrected chi connectivity index (χ0v) is 23.5. The Morgan fingerprint density at radius 3 is 2.26 bits per heavy atom. The monoisotopic (exact) mass is 545 g/mol. The number of fused-ring (bicyclic) bond motifs is 1. The zero-order chi connectivity index (χ0) is 27.7. The van der Waals surface area contributed by atoms with Crippen molar-refractivity contribution in [2.45, 2.75) is 36.7 Å². The summed E-state index contributed by atoms with van der Waals surface area (Å²) in [6.45, 7) is 3.09. The first-order valence-corrected chi connectivity index (χ1v) is 13.1. The number of methoxy groups -OCH3 is 5. The smallest absolute Gasteiger partial charge is 0.262 e. The van der Waals surface area contributed by atoms with Gasteiger partial charge in [0, 0.05) is 26.3 Å². The van der Waals surface area contributed by atoms with E-state index in [-0.39, 0.29) is 11.5 Å². The first-order chi connectivity index (χ1) is 18.4. The predicted octanol–water partition coefficient (Wildman–Crippen LogP) is 3.31. The Morgan fingerprint density at radius 1 is 0.974 bits per heavy atom. The second kappa shape index (κ2) is 13.9. The van der Waals surface area contributed by atoms with E-state index >= 15 is 0 Å². The van der Waals surface area contributed by atoms with Crippen molar-refractivity contribution in [3.8, 4) is 23.0 Å². The van der Waals surface area contributed by atoms with Crippen LogP contribution in [0, 0.1) is 0 Å². The number of nitrogens with one attached hydrogen (secondary N) is 1. The maximum absolute atomic E-state index is 13.8. The van der Waals surface area contributed by atoms with Gasteiger partial charge in [0.2, 0.25) is 5.91 Å². The second-order valence-electron chi connectivity index (χ2n) is 8.31. The summed E-state index contributed by atoms with van der Waals surface area (Å²) in [6, 6.07) is 8.97. The van der Waals surface area contributed by atoms with Crippen molar-refractivity contribution in [1.82, 2.24) is 14.9 Å². The quantitative estimate of drug-likeness (QED) is 0.185. The van der Waals surface area contributed by atoms with Gasteiger partial charge in [-0.2, -0.15) is 0 Å². The molecule has 0 saturated heterocycles. The van der Waals surface area contributed by atoms with E-state index in [1.54, 1.807) is 38.0 Å². The van der Waals surface area contributed by atoms with Crippen LogP contribution in [-0.2, 0) is 22.5 Å². The van der Waals surface area contributed by atoms with Gasteiger partial charge in [-0.15, -0.1) is 0 Å². The molecule has 0 aliphatic carbocycles. The summed E-state index contributed by atoms with van der Waals surface area (Å²) >= 11 is 1.26. The van der Waals surface area contributed by atoms with Gasteiger partial charge in [0.1, 0.15) is 0 Å². The van der Waals surface area contributed by atoms with Crippen LogP contribution in [0.1, 0.15) is 18.9 Å². The summed E-state index contributed by atoms with van der Waals surface area (Å²) < 4.78 is 28.2. The number of benzene rings is 2. The normalized spacial score (nSPS) is 11.7. The van der Waals surface area contributed by atoms with Crippen molar-refractivity contribution >= 4 is 28.6 Å². The number of carbonyl (C=O) groups is 1. The lowest BCUT2D eigenvalue weighted by Crippen LogP contribution is -2.35. The van der Waals surface area contributed by atoms with Crippen LogP contribution in [0.4, 0.5) is 0 Å². The number of aromatic nitrogens is 2. The van der Waals surface area contributed by atoms with Gasteiger partial charge in [-0.25, -0.2) is 4.98 Å². The highest BCUT2D eigenvalue weighted by atomic mass is 32.2. The summed E-state index contributed by atoms with van der Waals surface area (Å²) in [5.74, 6) is 2.01. The van der Waals surface area contributed by atoms with Crippen LogP contribution in [0.2, 0.25) is 0 Å². The third kappa shape index (κ3) is 6.70. The molecule has 1 N–H and O–H groups in total. The van der Waals surface area contributed by atoms with Crippen LogP contribution >= 0.6 is 11.8 Å². The number of thioether (sulfide) groups is 1. The van der Waals surface area contributed by atoms with Crippen LogP contribution < -0.4 is 29.8 Å². The van der Waals surface area contributed by atoms with E-state index < -0.39 is 5.25 Å². The van der Waals surface area contributed by atoms with E-state index in [0.29, 0.717) is 71.6 Å². The van der Waals surface area contributed by atoms with Gasteiger partial charge in [0.15, 0.2) is 28.2 Å². The van der Waals surface area contributed by atoms with Crippen molar-refractivity contribution in [3.63, 3.8) is 0 Å². The number of hydrogen-bond donors (Lipinski definition) is 1. The van der Waals surface area contributed by atoms with Gasteiger partial charge < -0.3 is 29.0 Å². The molecule has 3 rings (SSSR count). The van der Waals surface area contributed by atoms with Crippen molar-refractivity contribution in [1.29, 1.82) is 0 Å². The molecule has 2 aromatic carbocycles. The molecule has 38 heavy (non-hydrogen) atoms. The minimum Gasteiger partial charge on any atom is -0.493 e. The van der Waals surface area contributed by atoms with Crippen molar-refractivity contribution in [2.75, 3.05) is 48.7 Å². The van der Waals surface area contributed by atoms with Crippen LogP contribution in [0.3, 0.4) is 0 Å². The first kappa shape index (κ1) is 29.1. The van der Waals surface area contributed by atoms with Gasteiger partial charge >= 0.3 is 0 Å². The molecule has 10 nitrogen and oxygen atoms in total. The topological polar surface area (TPSA) is 110 Å². The maximum atomic E-state index is 13.8. The summed E-state index contributed by atoms with van der Waals surface area (Å²) in [5, 5.41) is 3.29. The van der Waals surface area contributed by atoms with Crippen molar-refractivity contribution in [3.05, 3.63) is 46.2 Å². The molecule has 0 saturated carbocycles. The van der Waals surface area contributed by atoms with Crippen LogP contribution in [0.5, 0.6) is 23.0 Å². The number of nitrogens with zero attached hydrogens (tertiary/aromatic N) is 2. The lowest BCUT2D eigenvalue weighted by molar-refractivity contribution is -0.120. The molecule has 206 valence electrons. The lowest BCUT2D eigenvalue weighted by Gasteiger charge is -2.19. The van der Waals surface area contributed by atoms with Gasteiger partial charge in [0.05, 0.1) is 51.2 Å². The summed E-state index contributed by atoms with van der Waals surface area (Å²) in [5.41, 5.74) is 1.20. The Kier molecular flexibility index (Phi) is 10.7. The Hall–Kier alpha value is -3.44. The number of rotatable bonds is 14. The van der Waals surface area contributed by atoms with Gasteiger partial charge in [-0.3, -0.25) is 14.2 Å². The Labute approximate surface area is 226 Å². The fourth-order valence-electron chi connectivity index (χ4n) is 3.93. The van der Waals surface area contributed by atoms with Crippen molar-refractivity contribution < 1.29 is 28.5 Å². The molecule has 0 spiro atoms. The van der Waals surface area contributed by atoms with E-state index in [1.165, 1.54) is 26.0 Å². The number of aryl methyl sites for hydroxylation is 1. The molecule has 1 amide bonds. The molecule has 0 bridgehead atoms. The fourth-order valence-corrected chi connectivity index (χ4v) is 5.00. The van der Waals surface area contributed by atoms with E-state index in [4.69, 9.17) is 28.7 Å². The zero-order valence-electron chi connectivity index (χ0n) is 22.7. The van der Waals surface area contributed by atoms with E-state index in [9.17, 15) is 9.59 Å². The average molecular weight is 546 g/mol. The Balaban J connectivity index is 2.04. The van der Waals surface area contributed by atoms with Gasteiger partial charge in [0.25, 0.3) is 5.56 Å². The van der Waals surface area contributed by atoms with Gasteiger partial charge in [-0.1, -0.05) is 24.8 Å². The van der Waals surface area contributed by atoms with E-state index in [1.807, 2.05) is 25.1 Å². The van der Waals surface area contributed by atoms with Gasteiger partial charge in [-0.05, 0) is 36.6 Å². The molecule has 11 heteroatoms. The molecule has 1 aromatic heterocycles. The van der Waals surface area contributed by atoms with Crippen molar-refractivity contribution in [2.24, 2.45) is 0 Å². The SMILES string of the molecule is CC[C@H](Sc1nc2cc(OC)c(OC)cc2c(=O)n1CCc1ccc(OC)c(OC)c1)C(=O)NCCOC. The molecule has 0 radical (unpaired) electrons. The van der Waals surface area contributed by atoms with Crippen LogP contribution in [0.15, 0.2) is 40.3 Å². The molecule has 0 unspecified atom stereocenters. The van der Waals surface area contributed by atoms with Crippen LogP contribution in [0.25, 0.3) is 10.9 Å². The minimum atomic E-state index is -0.441. The summed E-state index contributed by atoms with van der Waals surface area (Å²) in [6.07, 6.45) is 1.09. The number of ether oxygens (including phenoxy) is 5. The van der Waals surface area contributed by atoms with E-state index in [0.717, 1.165) is 5.56 Å². The summed E-state index contributed by atoms with van der Waals surface area (Å²) in [4.78, 5) is 31.4. The molecular formula is C27H35N3O7S. The molecule has 0 aliphatic heterocycles. The molecule has 1 atom stereocenters. The highest BCUT2D eigenvalue weighted by Crippen LogP contribution is 2.32. The number of amides is 1. The third-order valence-corrected chi connectivity index (χ3v) is 7.37. The predicted molar refractivity (Wildman–Crippen MR) is 147 cm³/mol. The minimum absolute atomic E-state index is 0.136. The number of carbonyl (C=O) groups excluding carboxylic acids is 1. The molecule has 1 heterocycles. The summed E-state index contributed by atoms with van der Waals surface area (Å²) in [7, 11) is 7.79. The Bertz CT molecular complexity index is 1310.